The van der Waals surface area contributed by atoms with Gasteiger partial charge in [0, 0.05) is 12.1 Å². The number of fused-ring (bicyclic) bond motifs is 1. The first kappa shape index (κ1) is 19.0. The van der Waals surface area contributed by atoms with Crippen molar-refractivity contribution in [2.45, 2.75) is 51.9 Å². The van der Waals surface area contributed by atoms with Crippen molar-refractivity contribution in [1.82, 2.24) is 15.0 Å². The molecule has 1 heterocycles. The van der Waals surface area contributed by atoms with Gasteiger partial charge in [0.1, 0.15) is 16.9 Å². The molecule has 160 valence electrons. The van der Waals surface area contributed by atoms with E-state index in [1.807, 2.05) is 19.1 Å². The van der Waals surface area contributed by atoms with Crippen LogP contribution in [0.5, 0.6) is 0 Å². The lowest BCUT2D eigenvalue weighted by molar-refractivity contribution is -0.124. The van der Waals surface area contributed by atoms with Crippen molar-refractivity contribution in [3.05, 3.63) is 47.8 Å². The molecule has 0 spiro atoms. The Morgan fingerprint density at radius 3 is 2.23 bits per heavy atom. The highest BCUT2D eigenvalue weighted by Crippen LogP contribution is 2.61. The molecule has 3 aromatic rings. The number of nitrogens with one attached hydrogen (secondary N) is 1. The average molecular weight is 419 g/mol. The van der Waals surface area contributed by atoms with E-state index >= 15 is 0 Å². The number of benzene rings is 2. The summed E-state index contributed by atoms with van der Waals surface area (Å²) in [6.07, 6.45) is 8.50. The summed E-state index contributed by atoms with van der Waals surface area (Å²) in [6.45, 7) is 1.98. The molecular weight excluding hydrogens is 391 g/mol. The zero-order chi connectivity index (χ0) is 21.2. The van der Waals surface area contributed by atoms with Gasteiger partial charge in [-0.05, 0) is 111 Å². The minimum Gasteiger partial charge on any atom is -0.326 e. The van der Waals surface area contributed by atoms with Gasteiger partial charge in [-0.15, -0.1) is 10.2 Å². The summed E-state index contributed by atoms with van der Waals surface area (Å²) in [5.74, 6) is 2.37. The third kappa shape index (κ3) is 3.42. The smallest absolute Gasteiger partial charge is 0.224 e. The molecule has 0 atom stereocenters. The molecule has 7 rings (SSSR count). The second-order valence-corrected chi connectivity index (χ2v) is 10.3. The largest absolute Gasteiger partial charge is 0.326 e. The van der Waals surface area contributed by atoms with Crippen molar-refractivity contribution >= 4 is 22.6 Å². The molecule has 1 amide bonds. The molecule has 0 aliphatic heterocycles. The fraction of sp³-hybridized carbons (Fsp3) is 0.480. The molecule has 1 N–H and O–H groups in total. The van der Waals surface area contributed by atoms with Crippen LogP contribution in [0.4, 0.5) is 10.1 Å². The summed E-state index contributed by atoms with van der Waals surface area (Å²) in [4.78, 5) is 14.6. The molecule has 4 bridgehead atoms. The first-order valence-electron chi connectivity index (χ1n) is 11.4. The van der Waals surface area contributed by atoms with Crippen molar-refractivity contribution in [3.63, 3.8) is 0 Å². The third-order valence-electron chi connectivity index (χ3n) is 7.76. The van der Waals surface area contributed by atoms with Crippen LogP contribution in [0.2, 0.25) is 0 Å². The number of carbonyl (C=O) groups is 1. The van der Waals surface area contributed by atoms with Crippen molar-refractivity contribution < 1.29 is 9.18 Å². The van der Waals surface area contributed by atoms with E-state index in [0.29, 0.717) is 17.6 Å². The van der Waals surface area contributed by atoms with E-state index in [0.717, 1.165) is 34.5 Å². The highest BCUT2D eigenvalue weighted by molar-refractivity contribution is 5.94. The summed E-state index contributed by atoms with van der Waals surface area (Å²) in [5, 5.41) is 12.2. The van der Waals surface area contributed by atoms with Crippen LogP contribution < -0.4 is 5.32 Å². The Bertz CT molecular complexity index is 1130. The number of hydrogen-bond donors (Lipinski definition) is 1. The number of carbonyl (C=O) groups excluding carboxylic acids is 1. The third-order valence-corrected chi connectivity index (χ3v) is 7.76. The van der Waals surface area contributed by atoms with Gasteiger partial charge in [0.25, 0.3) is 0 Å². The SMILES string of the molecule is Cc1cc2nn(-c3ccc(F)cc3)nc2cc1NC(=O)CC12CC3CC(CC(C3)C1)C2. The van der Waals surface area contributed by atoms with Gasteiger partial charge < -0.3 is 5.32 Å². The van der Waals surface area contributed by atoms with Crippen LogP contribution >= 0.6 is 0 Å². The Labute approximate surface area is 181 Å². The molecule has 4 fully saturated rings. The van der Waals surface area contributed by atoms with E-state index in [9.17, 15) is 9.18 Å². The zero-order valence-corrected chi connectivity index (χ0v) is 17.8. The van der Waals surface area contributed by atoms with Gasteiger partial charge >= 0.3 is 0 Å². The molecule has 6 heteroatoms. The lowest BCUT2D eigenvalue weighted by Crippen LogP contribution is -2.47. The highest BCUT2D eigenvalue weighted by atomic mass is 19.1. The number of aromatic nitrogens is 3. The summed E-state index contributed by atoms with van der Waals surface area (Å²) in [6, 6.07) is 9.93. The predicted octanol–water partition coefficient (Wildman–Crippen LogP) is 5.41. The molecule has 4 saturated carbocycles. The molecule has 0 radical (unpaired) electrons. The normalized spacial score (nSPS) is 28.9. The Hall–Kier alpha value is -2.76. The van der Waals surface area contributed by atoms with Gasteiger partial charge in [0.05, 0.1) is 5.69 Å². The molecule has 4 aliphatic rings. The number of nitrogens with zero attached hydrogens (tertiary/aromatic N) is 3. The van der Waals surface area contributed by atoms with Crippen LogP contribution in [-0.4, -0.2) is 20.9 Å². The minimum atomic E-state index is -0.291. The van der Waals surface area contributed by atoms with Crippen LogP contribution in [-0.2, 0) is 4.79 Å². The molecule has 0 unspecified atom stereocenters. The predicted molar refractivity (Wildman–Crippen MR) is 117 cm³/mol. The van der Waals surface area contributed by atoms with Crippen LogP contribution in [0, 0.1) is 35.9 Å². The maximum absolute atomic E-state index is 13.2. The van der Waals surface area contributed by atoms with Crippen molar-refractivity contribution in [2.75, 3.05) is 5.32 Å². The molecule has 31 heavy (non-hydrogen) atoms. The number of anilines is 1. The fourth-order valence-corrected chi connectivity index (χ4v) is 6.93. The van der Waals surface area contributed by atoms with Crippen LogP contribution in [0.25, 0.3) is 16.7 Å². The van der Waals surface area contributed by atoms with Crippen LogP contribution in [0.3, 0.4) is 0 Å². The standard InChI is InChI=1S/C25H27FN4O/c1-15-6-22-23(29-30(28-22)20-4-2-19(26)3-5-20)10-21(15)27-24(31)14-25-11-16-7-17(12-25)9-18(8-16)13-25/h2-6,10,16-18H,7-9,11-14H2,1H3,(H,27,31). The van der Waals surface area contributed by atoms with E-state index in [4.69, 9.17) is 0 Å². The van der Waals surface area contributed by atoms with Gasteiger partial charge in [-0.1, -0.05) is 0 Å². The van der Waals surface area contributed by atoms with Gasteiger partial charge in [-0.2, -0.15) is 4.80 Å². The molecule has 4 aliphatic carbocycles. The molecule has 0 saturated heterocycles. The lowest BCUT2D eigenvalue weighted by Gasteiger charge is -2.56. The second-order valence-electron chi connectivity index (χ2n) is 10.3. The number of hydrogen-bond acceptors (Lipinski definition) is 3. The molecule has 1 aromatic heterocycles. The van der Waals surface area contributed by atoms with Crippen molar-refractivity contribution in [3.8, 4) is 5.69 Å². The van der Waals surface area contributed by atoms with Crippen molar-refractivity contribution in [2.24, 2.45) is 23.2 Å². The van der Waals surface area contributed by atoms with Crippen LogP contribution in [0.15, 0.2) is 36.4 Å². The van der Waals surface area contributed by atoms with Crippen LogP contribution in [0.1, 0.15) is 50.5 Å². The number of halogens is 1. The summed E-state index contributed by atoms with van der Waals surface area (Å²) in [7, 11) is 0. The highest BCUT2D eigenvalue weighted by Gasteiger charge is 2.51. The zero-order valence-electron chi connectivity index (χ0n) is 17.8. The molecular formula is C25H27FN4O. The van der Waals surface area contributed by atoms with Crippen molar-refractivity contribution in [1.29, 1.82) is 0 Å². The Balaban J connectivity index is 1.22. The van der Waals surface area contributed by atoms with Gasteiger partial charge in [-0.25, -0.2) is 4.39 Å². The Morgan fingerprint density at radius 2 is 1.61 bits per heavy atom. The average Bonchev–Trinajstić information content (AvgIpc) is 3.10. The maximum atomic E-state index is 13.2. The first-order chi connectivity index (χ1) is 14.9. The first-order valence-corrected chi connectivity index (χ1v) is 11.4. The van der Waals surface area contributed by atoms with E-state index in [2.05, 4.69) is 15.5 Å². The second kappa shape index (κ2) is 6.87. The number of aryl methyl sites for hydroxylation is 1. The van der Waals surface area contributed by atoms with E-state index in [1.54, 1.807) is 12.1 Å². The lowest BCUT2D eigenvalue weighted by atomic mass is 9.49. The van der Waals surface area contributed by atoms with E-state index in [-0.39, 0.29) is 17.1 Å². The quantitative estimate of drug-likeness (QED) is 0.616. The number of amides is 1. The topological polar surface area (TPSA) is 59.8 Å². The maximum Gasteiger partial charge on any atom is 0.224 e. The minimum absolute atomic E-state index is 0.121. The monoisotopic (exact) mass is 418 g/mol. The van der Waals surface area contributed by atoms with Gasteiger partial charge in [0.2, 0.25) is 5.91 Å². The summed E-state index contributed by atoms with van der Waals surface area (Å²) < 4.78 is 13.2. The van der Waals surface area contributed by atoms with Gasteiger partial charge in [-0.3, -0.25) is 4.79 Å². The van der Waals surface area contributed by atoms with Gasteiger partial charge in [0.15, 0.2) is 0 Å². The Morgan fingerprint density at radius 1 is 1.03 bits per heavy atom. The molecule has 5 nitrogen and oxygen atoms in total. The fourth-order valence-electron chi connectivity index (χ4n) is 6.93. The van der Waals surface area contributed by atoms with E-state index < -0.39 is 0 Å². The Kier molecular flexibility index (Phi) is 4.20. The molecule has 2 aromatic carbocycles. The number of rotatable bonds is 4. The van der Waals surface area contributed by atoms with E-state index in [1.165, 1.54) is 55.5 Å². The summed E-state index contributed by atoms with van der Waals surface area (Å²) >= 11 is 0. The summed E-state index contributed by atoms with van der Waals surface area (Å²) in [5.41, 5.74) is 4.15.